The molecule has 14 heteroatoms. The van der Waals surface area contributed by atoms with E-state index in [1.165, 1.54) is 48.5 Å². The first kappa shape index (κ1) is 27.1. The van der Waals surface area contributed by atoms with Gasteiger partial charge in [0.05, 0.1) is 21.8 Å². The van der Waals surface area contributed by atoms with Crippen LogP contribution >= 0.6 is 0 Å². The number of benzene rings is 3. The number of carboxylic acid groups (broad SMARTS) is 1. The number of carboxylic acids is 1. The van der Waals surface area contributed by atoms with E-state index in [0.717, 1.165) is 5.41 Å². The van der Waals surface area contributed by atoms with Crippen LogP contribution in [0.2, 0.25) is 0 Å². The quantitative estimate of drug-likeness (QED) is 0.255. The highest BCUT2D eigenvalue weighted by Gasteiger charge is 2.14. The Morgan fingerprint density at radius 2 is 1.49 bits per heavy atom. The second-order valence-electron chi connectivity index (χ2n) is 7.17. The van der Waals surface area contributed by atoms with Crippen LogP contribution in [-0.4, -0.2) is 28.3 Å². The number of hydrogen-bond acceptors (Lipinski definition) is 11. The van der Waals surface area contributed by atoms with E-state index in [4.69, 9.17) is 0 Å². The van der Waals surface area contributed by atoms with E-state index < -0.39 is 54.0 Å². The highest BCUT2D eigenvalue weighted by atomic mass is 32.2. The number of carbonyl (C=O) groups is 1. The van der Waals surface area contributed by atoms with Crippen LogP contribution in [0.4, 0.5) is 11.4 Å². The standard InChI is InChI=1S/C23H18N4O8S2/c1-3-37(34,35)17-10-8-16(9-11-17)25-27-21-19(28)12-18(23(30)31)20(22(21)29)26-24-15-6-4-14(5-7-15)13(2)36(32)33/h3-12,24-25H,1-2H2,(H,30,31)(H,32,33)/p-1/b26-20-,27-21?. The van der Waals surface area contributed by atoms with Crippen molar-refractivity contribution in [1.82, 2.24) is 0 Å². The Morgan fingerprint density at radius 3 is 1.97 bits per heavy atom. The molecule has 0 amide bonds. The van der Waals surface area contributed by atoms with Gasteiger partial charge in [-0.05, 0) is 53.0 Å². The molecule has 0 saturated carbocycles. The van der Waals surface area contributed by atoms with Crippen LogP contribution in [0, 0.1) is 0 Å². The molecular formula is C23H17N4O8S2-. The van der Waals surface area contributed by atoms with E-state index in [0.29, 0.717) is 11.6 Å². The Labute approximate surface area is 211 Å². The smallest absolute Gasteiger partial charge is 0.338 e. The second-order valence-corrected chi connectivity index (χ2v) is 10.0. The van der Waals surface area contributed by atoms with E-state index >= 15 is 0 Å². The Balaban J connectivity index is 2.00. The molecule has 0 aromatic heterocycles. The van der Waals surface area contributed by atoms with Gasteiger partial charge in [0, 0.05) is 16.4 Å². The van der Waals surface area contributed by atoms with Crippen molar-refractivity contribution in [3.8, 4) is 0 Å². The van der Waals surface area contributed by atoms with Gasteiger partial charge in [-0.15, -0.1) is 0 Å². The minimum Gasteiger partial charge on any atom is -0.768 e. The Morgan fingerprint density at radius 1 is 0.973 bits per heavy atom. The number of rotatable bonds is 9. The first-order chi connectivity index (χ1) is 17.4. The fourth-order valence-corrected chi connectivity index (χ4v) is 3.91. The summed E-state index contributed by atoms with van der Waals surface area (Å²) in [5, 5.41) is 16.5. The van der Waals surface area contributed by atoms with Crippen molar-refractivity contribution in [3.63, 3.8) is 0 Å². The Bertz CT molecular complexity index is 1760. The molecule has 0 aliphatic heterocycles. The van der Waals surface area contributed by atoms with Crippen molar-refractivity contribution in [1.29, 1.82) is 0 Å². The van der Waals surface area contributed by atoms with Gasteiger partial charge in [-0.2, -0.15) is 10.2 Å². The zero-order valence-electron chi connectivity index (χ0n) is 18.7. The summed E-state index contributed by atoms with van der Waals surface area (Å²) in [5.41, 5.74) is 3.05. The molecule has 12 nitrogen and oxygen atoms in total. The monoisotopic (exact) mass is 541 g/mol. The van der Waals surface area contributed by atoms with Gasteiger partial charge >= 0.3 is 5.97 Å². The zero-order chi connectivity index (χ0) is 27.3. The summed E-state index contributed by atoms with van der Waals surface area (Å²) in [7, 11) is -3.66. The van der Waals surface area contributed by atoms with Crippen LogP contribution in [0.5, 0.6) is 0 Å². The zero-order valence-corrected chi connectivity index (χ0v) is 20.3. The van der Waals surface area contributed by atoms with Gasteiger partial charge in [0.2, 0.25) is 10.9 Å². The molecule has 0 aliphatic carbocycles. The highest BCUT2D eigenvalue weighted by molar-refractivity contribution is 7.94. The van der Waals surface area contributed by atoms with Gasteiger partial charge in [-0.25, -0.2) is 13.2 Å². The summed E-state index contributed by atoms with van der Waals surface area (Å²) in [6.07, 6.45) is 0. The van der Waals surface area contributed by atoms with Crippen molar-refractivity contribution in [2.24, 2.45) is 10.2 Å². The van der Waals surface area contributed by atoms with Crippen molar-refractivity contribution in [2.45, 2.75) is 4.90 Å². The number of sulfone groups is 1. The van der Waals surface area contributed by atoms with E-state index in [2.05, 4.69) is 34.2 Å². The lowest BCUT2D eigenvalue weighted by Gasteiger charge is -2.09. The molecule has 0 bridgehead atoms. The van der Waals surface area contributed by atoms with Crippen LogP contribution in [-0.2, 0) is 20.9 Å². The summed E-state index contributed by atoms with van der Waals surface area (Å²) in [6, 6.07) is 11.6. The van der Waals surface area contributed by atoms with Crippen LogP contribution in [0.3, 0.4) is 0 Å². The fraction of sp³-hybridized carbons (Fsp3) is 0. The van der Waals surface area contributed by atoms with E-state index in [1.54, 1.807) is 0 Å². The number of nitrogens with one attached hydrogen (secondary N) is 2. The maximum Gasteiger partial charge on any atom is 0.338 e. The van der Waals surface area contributed by atoms with Crippen LogP contribution < -0.4 is 32.4 Å². The van der Waals surface area contributed by atoms with Gasteiger partial charge in [-0.3, -0.25) is 24.6 Å². The number of nitrogens with zero attached hydrogens (tertiary/aromatic N) is 2. The average molecular weight is 542 g/mol. The van der Waals surface area contributed by atoms with Crippen LogP contribution in [0.15, 0.2) is 97.9 Å². The normalized spacial score (nSPS) is 13.1. The lowest BCUT2D eigenvalue weighted by molar-refractivity contribution is 0.0694. The molecule has 0 aliphatic rings. The third kappa shape index (κ3) is 6.19. The molecule has 0 saturated heterocycles. The number of anilines is 2. The summed E-state index contributed by atoms with van der Waals surface area (Å²) in [6.45, 7) is 6.66. The summed E-state index contributed by atoms with van der Waals surface area (Å²) < 4.78 is 45.6. The molecule has 0 radical (unpaired) electrons. The van der Waals surface area contributed by atoms with Crippen molar-refractivity contribution in [3.05, 3.63) is 115 Å². The van der Waals surface area contributed by atoms with Crippen LogP contribution in [0.1, 0.15) is 15.9 Å². The molecule has 0 spiro atoms. The third-order valence-electron chi connectivity index (χ3n) is 4.83. The predicted molar refractivity (Wildman–Crippen MR) is 135 cm³/mol. The van der Waals surface area contributed by atoms with Crippen molar-refractivity contribution < 1.29 is 27.1 Å². The maximum atomic E-state index is 12.9. The summed E-state index contributed by atoms with van der Waals surface area (Å²) in [4.78, 5) is 36.7. The minimum atomic E-state index is -3.66. The molecule has 3 aromatic carbocycles. The molecule has 0 fully saturated rings. The minimum absolute atomic E-state index is 0.0290. The van der Waals surface area contributed by atoms with Gasteiger partial charge in [0.1, 0.15) is 5.36 Å². The van der Waals surface area contributed by atoms with Gasteiger partial charge in [0.15, 0.2) is 15.2 Å². The third-order valence-corrected chi connectivity index (χ3v) is 6.83. The number of hydrogen-bond donors (Lipinski definition) is 3. The van der Waals surface area contributed by atoms with Gasteiger partial charge in [-0.1, -0.05) is 25.3 Å². The molecular weight excluding hydrogens is 524 g/mol. The van der Waals surface area contributed by atoms with Crippen LogP contribution in [0.25, 0.3) is 4.91 Å². The topological polar surface area (TPSA) is 194 Å². The lowest BCUT2D eigenvalue weighted by Crippen LogP contribution is -2.50. The summed E-state index contributed by atoms with van der Waals surface area (Å²) in [5.74, 6) is -1.57. The second kappa shape index (κ2) is 11.0. The average Bonchev–Trinajstić information content (AvgIpc) is 2.87. The van der Waals surface area contributed by atoms with Gasteiger partial charge < -0.3 is 9.66 Å². The number of aromatic carboxylic acids is 1. The Hall–Kier alpha value is -4.53. The van der Waals surface area contributed by atoms with Crippen molar-refractivity contribution in [2.75, 3.05) is 10.9 Å². The first-order valence-electron chi connectivity index (χ1n) is 10.0. The largest absolute Gasteiger partial charge is 0.768 e. The maximum absolute atomic E-state index is 12.9. The van der Waals surface area contributed by atoms with E-state index in [-0.39, 0.29) is 21.2 Å². The first-order valence-corrected chi connectivity index (χ1v) is 12.6. The molecule has 3 N–H and O–H groups in total. The molecule has 190 valence electrons. The van der Waals surface area contributed by atoms with E-state index in [9.17, 15) is 36.7 Å². The lowest BCUT2D eigenvalue weighted by atomic mass is 10.2. The Kier molecular flexibility index (Phi) is 8.07. The molecule has 1 atom stereocenters. The molecule has 37 heavy (non-hydrogen) atoms. The SMILES string of the molecule is C=CS(=O)(=O)c1ccc(NN=c2c(=O)cc(C(=O)O)/c(=N/Nc3ccc(C(=C)S(=O)[O-])cc3)c2=O)cc1. The highest BCUT2D eigenvalue weighted by Crippen LogP contribution is 2.18. The summed E-state index contributed by atoms with van der Waals surface area (Å²) >= 11 is -2.51. The molecule has 3 rings (SSSR count). The molecule has 1 unspecified atom stereocenters. The molecule has 3 aromatic rings. The fourth-order valence-electron chi connectivity index (χ4n) is 2.88. The van der Waals surface area contributed by atoms with Gasteiger partial charge in [0.25, 0.3) is 0 Å². The van der Waals surface area contributed by atoms with Crippen molar-refractivity contribution >= 4 is 43.2 Å². The van der Waals surface area contributed by atoms with E-state index in [1.807, 2.05) is 0 Å². The predicted octanol–water partition coefficient (Wildman–Crippen LogP) is 0.603. The molecule has 0 heterocycles.